The summed E-state index contributed by atoms with van der Waals surface area (Å²) in [5, 5.41) is 0. The number of fused-ring (bicyclic) bond motifs is 1. The lowest BCUT2D eigenvalue weighted by molar-refractivity contribution is -0.138. The predicted octanol–water partition coefficient (Wildman–Crippen LogP) is 2.22. The number of nitrogens with zero attached hydrogens (tertiary/aromatic N) is 3. The molecule has 1 aromatic carbocycles. The first-order chi connectivity index (χ1) is 13.5. The molecular formula is C20H25N3O4S. The van der Waals surface area contributed by atoms with Gasteiger partial charge >= 0.3 is 0 Å². The Balaban J connectivity index is 1.26. The molecule has 2 aliphatic heterocycles. The number of para-hydroxylation sites is 2. The van der Waals surface area contributed by atoms with Gasteiger partial charge in [0, 0.05) is 31.1 Å². The summed E-state index contributed by atoms with van der Waals surface area (Å²) in [6, 6.07) is 8.45. The van der Waals surface area contributed by atoms with Crippen molar-refractivity contribution < 1.29 is 17.6 Å². The fraction of sp³-hybridized carbons (Fsp3) is 0.600. The van der Waals surface area contributed by atoms with E-state index in [-0.39, 0.29) is 35.4 Å². The summed E-state index contributed by atoms with van der Waals surface area (Å²) in [6.07, 6.45) is 4.10. The number of hydrogen-bond donors (Lipinski definition) is 0. The molecule has 7 nitrogen and oxygen atoms in total. The maximum Gasteiger partial charge on any atom is 0.298 e. The van der Waals surface area contributed by atoms with Crippen molar-refractivity contribution in [2.75, 3.05) is 29.5 Å². The maximum atomic E-state index is 13.2. The molecule has 3 aliphatic rings. The standard InChI is InChI=1S/C20H25N3O4S/c24-19(23(15-5-6-15)16-9-12-28(25,26)13-16)14-7-10-22(11-8-14)20-21-17-3-1-2-4-18(17)27-20/h1-4,14-16H,5-13H2. The van der Waals surface area contributed by atoms with E-state index in [2.05, 4.69) is 9.88 Å². The molecule has 8 heteroatoms. The van der Waals surface area contributed by atoms with Gasteiger partial charge in [0.15, 0.2) is 15.4 Å². The van der Waals surface area contributed by atoms with Crippen molar-refractivity contribution in [3.63, 3.8) is 0 Å². The molecule has 0 radical (unpaired) electrons. The maximum absolute atomic E-state index is 13.2. The average molecular weight is 404 g/mol. The number of oxazole rings is 1. The van der Waals surface area contributed by atoms with Crippen LogP contribution in [0.5, 0.6) is 0 Å². The third-order valence-corrected chi connectivity index (χ3v) is 7.94. The zero-order valence-electron chi connectivity index (χ0n) is 15.8. The molecule has 0 bridgehead atoms. The van der Waals surface area contributed by atoms with E-state index >= 15 is 0 Å². The van der Waals surface area contributed by atoms with Crippen LogP contribution in [0.15, 0.2) is 28.7 Å². The number of sulfone groups is 1. The average Bonchev–Trinajstić information content (AvgIpc) is 3.31. The normalized spacial score (nSPS) is 25.3. The summed E-state index contributed by atoms with van der Waals surface area (Å²) in [6.45, 7) is 1.45. The number of piperidine rings is 1. The van der Waals surface area contributed by atoms with Crippen LogP contribution in [0.4, 0.5) is 6.01 Å². The summed E-state index contributed by atoms with van der Waals surface area (Å²) in [5.74, 6) is 0.466. The summed E-state index contributed by atoms with van der Waals surface area (Å²) in [7, 11) is -2.99. The Labute approximate surface area is 164 Å². The van der Waals surface area contributed by atoms with Gasteiger partial charge in [0.05, 0.1) is 11.5 Å². The lowest BCUT2D eigenvalue weighted by Gasteiger charge is -2.36. The van der Waals surface area contributed by atoms with E-state index in [0.717, 1.165) is 49.9 Å². The molecule has 2 aromatic rings. The van der Waals surface area contributed by atoms with Gasteiger partial charge in [-0.25, -0.2) is 8.42 Å². The summed E-state index contributed by atoms with van der Waals surface area (Å²) >= 11 is 0. The van der Waals surface area contributed by atoms with E-state index in [4.69, 9.17) is 4.42 Å². The van der Waals surface area contributed by atoms with Crippen molar-refractivity contribution >= 4 is 32.9 Å². The fourth-order valence-corrected chi connectivity index (χ4v) is 6.24. The van der Waals surface area contributed by atoms with Crippen LogP contribution in [0, 0.1) is 5.92 Å². The molecule has 1 saturated carbocycles. The van der Waals surface area contributed by atoms with Gasteiger partial charge < -0.3 is 14.2 Å². The number of carbonyl (C=O) groups is 1. The van der Waals surface area contributed by atoms with E-state index in [1.165, 1.54) is 0 Å². The Kier molecular flexibility index (Phi) is 4.34. The highest BCUT2D eigenvalue weighted by molar-refractivity contribution is 7.91. The molecule has 1 aliphatic carbocycles. The topological polar surface area (TPSA) is 83.7 Å². The third kappa shape index (κ3) is 3.38. The molecule has 1 aromatic heterocycles. The van der Waals surface area contributed by atoms with Crippen molar-refractivity contribution in [2.45, 2.75) is 44.2 Å². The van der Waals surface area contributed by atoms with Crippen LogP contribution in [0.3, 0.4) is 0 Å². The van der Waals surface area contributed by atoms with Crippen LogP contribution in [-0.2, 0) is 14.6 Å². The summed E-state index contributed by atoms with van der Waals surface area (Å²) in [4.78, 5) is 21.8. The van der Waals surface area contributed by atoms with E-state index in [1.807, 2.05) is 29.2 Å². The van der Waals surface area contributed by atoms with E-state index < -0.39 is 9.84 Å². The summed E-state index contributed by atoms with van der Waals surface area (Å²) < 4.78 is 29.7. The minimum atomic E-state index is -2.99. The molecule has 3 heterocycles. The molecule has 28 heavy (non-hydrogen) atoms. The van der Waals surface area contributed by atoms with Crippen molar-refractivity contribution in [1.29, 1.82) is 0 Å². The fourth-order valence-electron chi connectivity index (χ4n) is 4.53. The van der Waals surface area contributed by atoms with Crippen molar-refractivity contribution in [3.8, 4) is 0 Å². The monoisotopic (exact) mass is 403 g/mol. The van der Waals surface area contributed by atoms with Gasteiger partial charge in [-0.3, -0.25) is 4.79 Å². The van der Waals surface area contributed by atoms with Gasteiger partial charge in [-0.05, 0) is 44.2 Å². The van der Waals surface area contributed by atoms with Gasteiger partial charge in [-0.2, -0.15) is 4.98 Å². The highest BCUT2D eigenvalue weighted by atomic mass is 32.2. The van der Waals surface area contributed by atoms with Crippen molar-refractivity contribution in [3.05, 3.63) is 24.3 Å². The second-order valence-corrected chi connectivity index (χ2v) is 10.5. The lowest BCUT2D eigenvalue weighted by Crippen LogP contribution is -2.48. The summed E-state index contributed by atoms with van der Waals surface area (Å²) in [5.41, 5.74) is 1.62. The van der Waals surface area contributed by atoms with Gasteiger partial charge in [0.1, 0.15) is 5.52 Å². The minimum Gasteiger partial charge on any atom is -0.423 e. The highest BCUT2D eigenvalue weighted by Crippen LogP contribution is 2.35. The Morgan fingerprint density at radius 3 is 2.46 bits per heavy atom. The quantitative estimate of drug-likeness (QED) is 0.778. The molecule has 1 amide bonds. The number of benzene rings is 1. The first kappa shape index (κ1) is 18.0. The molecule has 150 valence electrons. The molecular weight excluding hydrogens is 378 g/mol. The second kappa shape index (κ2) is 6.76. The molecule has 1 unspecified atom stereocenters. The zero-order valence-corrected chi connectivity index (χ0v) is 16.6. The first-order valence-electron chi connectivity index (χ1n) is 10.1. The number of carbonyl (C=O) groups excluding carboxylic acids is 1. The molecule has 5 rings (SSSR count). The Hall–Kier alpha value is -2.09. The van der Waals surface area contributed by atoms with E-state index in [9.17, 15) is 13.2 Å². The minimum absolute atomic E-state index is 0.0375. The van der Waals surface area contributed by atoms with Crippen LogP contribution in [0.2, 0.25) is 0 Å². The second-order valence-electron chi connectivity index (χ2n) is 8.26. The number of hydrogen-bond acceptors (Lipinski definition) is 6. The highest BCUT2D eigenvalue weighted by Gasteiger charge is 2.44. The van der Waals surface area contributed by atoms with Gasteiger partial charge in [-0.15, -0.1) is 0 Å². The van der Waals surface area contributed by atoms with Crippen LogP contribution in [0.25, 0.3) is 11.1 Å². The lowest BCUT2D eigenvalue weighted by atomic mass is 9.94. The molecule has 0 spiro atoms. The largest absolute Gasteiger partial charge is 0.423 e. The predicted molar refractivity (Wildman–Crippen MR) is 106 cm³/mol. The molecule has 1 atom stereocenters. The van der Waals surface area contributed by atoms with E-state index in [1.54, 1.807) is 0 Å². The number of aromatic nitrogens is 1. The van der Waals surface area contributed by atoms with E-state index in [0.29, 0.717) is 12.4 Å². The third-order valence-electron chi connectivity index (χ3n) is 6.19. The SMILES string of the molecule is O=C(C1CCN(c2nc3ccccc3o2)CC1)N(C1CC1)C1CCS(=O)(=O)C1. The number of amides is 1. The molecule has 0 N–H and O–H groups in total. The Bertz CT molecular complexity index is 957. The first-order valence-corrected chi connectivity index (χ1v) is 12.0. The zero-order chi connectivity index (χ0) is 19.3. The Morgan fingerprint density at radius 1 is 1.07 bits per heavy atom. The van der Waals surface area contributed by atoms with Gasteiger partial charge in [0.2, 0.25) is 5.91 Å². The number of rotatable bonds is 4. The smallest absolute Gasteiger partial charge is 0.298 e. The number of anilines is 1. The van der Waals surface area contributed by atoms with Crippen molar-refractivity contribution in [2.24, 2.45) is 5.92 Å². The van der Waals surface area contributed by atoms with Crippen LogP contribution in [-0.4, -0.2) is 60.9 Å². The van der Waals surface area contributed by atoms with Gasteiger partial charge in [-0.1, -0.05) is 12.1 Å². The van der Waals surface area contributed by atoms with Gasteiger partial charge in [0.25, 0.3) is 6.01 Å². The van der Waals surface area contributed by atoms with Crippen LogP contribution >= 0.6 is 0 Å². The van der Waals surface area contributed by atoms with Crippen LogP contribution in [0.1, 0.15) is 32.1 Å². The van der Waals surface area contributed by atoms with Crippen LogP contribution < -0.4 is 4.90 Å². The Morgan fingerprint density at radius 2 is 1.82 bits per heavy atom. The molecule has 3 fully saturated rings. The molecule has 2 saturated heterocycles. The van der Waals surface area contributed by atoms with Crippen molar-refractivity contribution in [1.82, 2.24) is 9.88 Å².